The van der Waals surface area contributed by atoms with E-state index in [1.54, 1.807) is 12.1 Å². The van der Waals surface area contributed by atoms with Gasteiger partial charge in [0.25, 0.3) is 0 Å². The quantitative estimate of drug-likeness (QED) is 0.828. The van der Waals surface area contributed by atoms with Crippen LogP contribution in [-0.4, -0.2) is 30.6 Å². The average molecular weight is 334 g/mol. The van der Waals surface area contributed by atoms with E-state index in [-0.39, 0.29) is 30.5 Å². The number of halogens is 1. The number of primary amides is 1. The number of carbonyl (C=O) groups is 2. The summed E-state index contributed by atoms with van der Waals surface area (Å²) in [5.41, 5.74) is 5.74. The summed E-state index contributed by atoms with van der Waals surface area (Å²) in [5, 5.41) is 2.87. The van der Waals surface area contributed by atoms with Gasteiger partial charge in [-0.2, -0.15) is 0 Å². The summed E-state index contributed by atoms with van der Waals surface area (Å²) in [6.45, 7) is 2.10. The molecule has 3 N–H and O–H groups in total. The van der Waals surface area contributed by atoms with Gasteiger partial charge in [0.2, 0.25) is 11.8 Å². The van der Waals surface area contributed by atoms with Crippen molar-refractivity contribution in [3.63, 3.8) is 0 Å². The fourth-order valence-electron chi connectivity index (χ4n) is 3.76. The van der Waals surface area contributed by atoms with E-state index in [0.29, 0.717) is 6.42 Å². The molecule has 0 saturated carbocycles. The molecule has 2 bridgehead atoms. The minimum atomic E-state index is -0.527. The van der Waals surface area contributed by atoms with Crippen molar-refractivity contribution in [3.8, 4) is 0 Å². The van der Waals surface area contributed by atoms with Crippen LogP contribution in [0.5, 0.6) is 0 Å². The van der Waals surface area contributed by atoms with Gasteiger partial charge in [-0.25, -0.2) is 4.39 Å². The number of ether oxygens (including phenoxy) is 1. The highest BCUT2D eigenvalue weighted by Crippen LogP contribution is 2.47. The van der Waals surface area contributed by atoms with Crippen LogP contribution in [-0.2, 0) is 20.7 Å². The second-order valence-electron chi connectivity index (χ2n) is 7.09. The van der Waals surface area contributed by atoms with Crippen LogP contribution in [0.2, 0.25) is 0 Å². The predicted octanol–water partition coefficient (Wildman–Crippen LogP) is 1.54. The summed E-state index contributed by atoms with van der Waals surface area (Å²) in [6, 6.07) is 5.94. The first-order chi connectivity index (χ1) is 11.4. The molecular weight excluding hydrogens is 311 g/mol. The van der Waals surface area contributed by atoms with Gasteiger partial charge in [0.05, 0.1) is 23.5 Å². The molecule has 0 aromatic heterocycles. The van der Waals surface area contributed by atoms with Crippen LogP contribution in [0.1, 0.15) is 31.7 Å². The topological polar surface area (TPSA) is 81.4 Å². The van der Waals surface area contributed by atoms with E-state index < -0.39 is 17.2 Å². The zero-order valence-electron chi connectivity index (χ0n) is 13.8. The summed E-state index contributed by atoms with van der Waals surface area (Å²) in [6.07, 6.45) is 3.16. The molecule has 130 valence electrons. The largest absolute Gasteiger partial charge is 0.374 e. The molecule has 2 aliphatic heterocycles. The van der Waals surface area contributed by atoms with Crippen molar-refractivity contribution in [2.24, 2.45) is 17.1 Å². The SMILES string of the molecule is C[C@]1(C(=O)NC[C@H](Cc2ccc(F)cc2)C(N)=O)C[C@H]2CC[C@H]1O2. The highest BCUT2D eigenvalue weighted by molar-refractivity contribution is 5.84. The Morgan fingerprint density at radius 3 is 2.62 bits per heavy atom. The number of nitrogens with two attached hydrogens (primary N) is 1. The minimum Gasteiger partial charge on any atom is -0.374 e. The van der Waals surface area contributed by atoms with Crippen molar-refractivity contribution in [2.75, 3.05) is 6.54 Å². The molecule has 2 saturated heterocycles. The molecule has 0 unspecified atom stereocenters. The molecule has 6 heteroatoms. The van der Waals surface area contributed by atoms with E-state index in [1.165, 1.54) is 12.1 Å². The third-order valence-corrected chi connectivity index (χ3v) is 5.30. The van der Waals surface area contributed by atoms with Crippen LogP contribution in [0, 0.1) is 17.2 Å². The Bertz CT molecular complexity index is 634. The standard InChI is InChI=1S/C18H23FN2O3/c1-18(9-14-6-7-15(18)24-14)17(23)21-10-12(16(20)22)8-11-2-4-13(19)5-3-11/h2-5,12,14-15H,6-10H2,1H3,(H2,20,22)(H,21,23)/t12-,14+,15+,18-/m0/s1. The molecule has 2 heterocycles. The third kappa shape index (κ3) is 3.29. The summed E-state index contributed by atoms with van der Waals surface area (Å²) < 4.78 is 18.7. The van der Waals surface area contributed by atoms with Gasteiger partial charge in [-0.3, -0.25) is 9.59 Å². The molecule has 2 aliphatic rings. The van der Waals surface area contributed by atoms with E-state index in [9.17, 15) is 14.0 Å². The van der Waals surface area contributed by atoms with E-state index in [2.05, 4.69) is 5.32 Å². The summed E-state index contributed by atoms with van der Waals surface area (Å²) >= 11 is 0. The molecule has 24 heavy (non-hydrogen) atoms. The van der Waals surface area contributed by atoms with Gasteiger partial charge in [0.1, 0.15) is 5.82 Å². The van der Waals surface area contributed by atoms with Gasteiger partial charge >= 0.3 is 0 Å². The maximum atomic E-state index is 13.0. The second-order valence-corrected chi connectivity index (χ2v) is 7.09. The van der Waals surface area contributed by atoms with E-state index >= 15 is 0 Å². The molecule has 0 spiro atoms. The van der Waals surface area contributed by atoms with Crippen LogP contribution < -0.4 is 11.1 Å². The molecule has 3 rings (SSSR count). The lowest BCUT2D eigenvalue weighted by molar-refractivity contribution is -0.133. The number of rotatable bonds is 6. The number of hydrogen-bond acceptors (Lipinski definition) is 3. The van der Waals surface area contributed by atoms with Gasteiger partial charge in [-0.1, -0.05) is 12.1 Å². The highest BCUT2D eigenvalue weighted by Gasteiger charge is 2.53. The Balaban J connectivity index is 1.59. The lowest BCUT2D eigenvalue weighted by Crippen LogP contribution is -2.47. The monoisotopic (exact) mass is 334 g/mol. The maximum Gasteiger partial charge on any atom is 0.228 e. The molecule has 1 aromatic carbocycles. The van der Waals surface area contributed by atoms with E-state index in [1.807, 2.05) is 6.92 Å². The molecule has 2 fully saturated rings. The number of benzene rings is 1. The van der Waals surface area contributed by atoms with Gasteiger partial charge in [-0.05, 0) is 50.3 Å². The van der Waals surface area contributed by atoms with E-state index in [4.69, 9.17) is 10.5 Å². The molecule has 4 atom stereocenters. The van der Waals surface area contributed by atoms with Gasteiger partial charge in [0.15, 0.2) is 0 Å². The Hall–Kier alpha value is -1.95. The number of amides is 2. The fraction of sp³-hybridized carbons (Fsp3) is 0.556. The number of fused-ring (bicyclic) bond motifs is 2. The lowest BCUT2D eigenvalue weighted by Gasteiger charge is -2.30. The number of carbonyl (C=O) groups excluding carboxylic acids is 2. The summed E-state index contributed by atoms with van der Waals surface area (Å²) in [5.74, 6) is -1.41. The normalized spacial score (nSPS) is 29.4. The lowest BCUT2D eigenvalue weighted by atomic mass is 9.75. The van der Waals surface area contributed by atoms with Crippen LogP contribution in [0.25, 0.3) is 0 Å². The van der Waals surface area contributed by atoms with Crippen molar-refractivity contribution in [2.45, 2.75) is 44.8 Å². The fourth-order valence-corrected chi connectivity index (χ4v) is 3.76. The first kappa shape index (κ1) is 16.9. The Labute approximate surface area is 140 Å². The van der Waals surface area contributed by atoms with Crippen molar-refractivity contribution in [3.05, 3.63) is 35.6 Å². The molecule has 5 nitrogen and oxygen atoms in total. The summed E-state index contributed by atoms with van der Waals surface area (Å²) in [4.78, 5) is 24.3. The highest BCUT2D eigenvalue weighted by atomic mass is 19.1. The molecule has 2 amide bonds. The Kier molecular flexibility index (Phi) is 4.58. The number of nitrogens with one attached hydrogen (secondary N) is 1. The molecule has 1 aromatic rings. The van der Waals surface area contributed by atoms with Crippen molar-refractivity contribution < 1.29 is 18.7 Å². The van der Waals surface area contributed by atoms with Crippen LogP contribution in [0.4, 0.5) is 4.39 Å². The average Bonchev–Trinajstić information content (AvgIpc) is 3.13. The summed E-state index contributed by atoms with van der Waals surface area (Å²) in [7, 11) is 0. The first-order valence-corrected chi connectivity index (χ1v) is 8.36. The zero-order valence-corrected chi connectivity index (χ0v) is 13.8. The Morgan fingerprint density at radius 1 is 1.38 bits per heavy atom. The van der Waals surface area contributed by atoms with Crippen molar-refractivity contribution >= 4 is 11.8 Å². The smallest absolute Gasteiger partial charge is 0.228 e. The zero-order chi connectivity index (χ0) is 17.3. The Morgan fingerprint density at radius 2 is 2.08 bits per heavy atom. The van der Waals surface area contributed by atoms with Gasteiger partial charge in [-0.15, -0.1) is 0 Å². The van der Waals surface area contributed by atoms with Crippen LogP contribution in [0.15, 0.2) is 24.3 Å². The number of hydrogen-bond donors (Lipinski definition) is 2. The van der Waals surface area contributed by atoms with Gasteiger partial charge in [0, 0.05) is 6.54 Å². The third-order valence-electron chi connectivity index (χ3n) is 5.30. The first-order valence-electron chi connectivity index (χ1n) is 8.36. The minimum absolute atomic E-state index is 0.0355. The van der Waals surface area contributed by atoms with Crippen LogP contribution in [0.3, 0.4) is 0 Å². The second kappa shape index (κ2) is 6.51. The van der Waals surface area contributed by atoms with Crippen LogP contribution >= 0.6 is 0 Å². The van der Waals surface area contributed by atoms with E-state index in [0.717, 1.165) is 24.8 Å². The van der Waals surface area contributed by atoms with Gasteiger partial charge < -0.3 is 15.8 Å². The molecule has 0 radical (unpaired) electrons. The maximum absolute atomic E-state index is 13.0. The molecule has 0 aliphatic carbocycles. The van der Waals surface area contributed by atoms with Crippen molar-refractivity contribution in [1.29, 1.82) is 0 Å². The molecular formula is C18H23FN2O3. The van der Waals surface area contributed by atoms with Crippen molar-refractivity contribution in [1.82, 2.24) is 5.32 Å². The predicted molar refractivity (Wildman–Crippen MR) is 86.4 cm³/mol.